The van der Waals surface area contributed by atoms with Crippen LogP contribution in [0.4, 0.5) is 11.4 Å². The molecule has 2 heterocycles. The summed E-state index contributed by atoms with van der Waals surface area (Å²) in [5.74, 6) is -0.945. The maximum atomic E-state index is 11.7. The molecule has 1 aromatic carbocycles. The van der Waals surface area contributed by atoms with Crippen molar-refractivity contribution >= 4 is 28.8 Å². The van der Waals surface area contributed by atoms with Gasteiger partial charge in [-0.15, -0.1) is 0 Å². The van der Waals surface area contributed by atoms with Crippen LogP contribution >= 0.6 is 0 Å². The quantitative estimate of drug-likeness (QED) is 0.556. The van der Waals surface area contributed by atoms with E-state index in [0.29, 0.717) is 5.69 Å². The van der Waals surface area contributed by atoms with Crippen LogP contribution in [-0.4, -0.2) is 57.8 Å². The lowest BCUT2D eigenvalue weighted by molar-refractivity contribution is -0.515. The van der Waals surface area contributed by atoms with Gasteiger partial charge in [-0.3, -0.25) is 0 Å². The van der Waals surface area contributed by atoms with Crippen LogP contribution in [0.2, 0.25) is 0 Å². The van der Waals surface area contributed by atoms with Crippen LogP contribution in [0, 0.1) is 0 Å². The van der Waals surface area contributed by atoms with E-state index in [9.17, 15) is 9.90 Å². The van der Waals surface area contributed by atoms with Crippen LogP contribution in [0.15, 0.2) is 42.8 Å². The van der Waals surface area contributed by atoms with Gasteiger partial charge in [0, 0.05) is 55.9 Å². The number of nitrogens with zero attached hydrogens (tertiary/aromatic N) is 2. The molecular formula is C23H32N4O2+2. The number of carboxylic acid groups (broad SMARTS) is 1. The van der Waals surface area contributed by atoms with E-state index in [-0.39, 0.29) is 5.56 Å². The highest BCUT2D eigenvalue weighted by molar-refractivity contribution is 5.96. The Labute approximate surface area is 173 Å². The van der Waals surface area contributed by atoms with E-state index in [0.717, 1.165) is 44.7 Å². The summed E-state index contributed by atoms with van der Waals surface area (Å²) in [5.41, 5.74) is 4.23. The first-order valence-electron chi connectivity index (χ1n) is 10.6. The van der Waals surface area contributed by atoms with Crippen molar-refractivity contribution in [2.75, 3.05) is 36.8 Å². The molecule has 0 unspecified atom stereocenters. The van der Waals surface area contributed by atoms with Gasteiger partial charge in [0.1, 0.15) is 26.2 Å². The van der Waals surface area contributed by atoms with Gasteiger partial charge in [0.15, 0.2) is 11.4 Å². The fourth-order valence-corrected chi connectivity index (χ4v) is 4.00. The average Bonchev–Trinajstić information content (AvgIpc) is 3.37. The largest absolute Gasteiger partial charge is 0.478 e. The first-order valence-corrected chi connectivity index (χ1v) is 10.6. The molecule has 0 bridgehead atoms. The zero-order chi connectivity index (χ0) is 20.6. The summed E-state index contributed by atoms with van der Waals surface area (Å²) >= 11 is 0. The molecule has 0 saturated heterocycles. The monoisotopic (exact) mass is 396 g/mol. The molecule has 0 spiro atoms. The van der Waals surface area contributed by atoms with E-state index in [1.807, 2.05) is 24.5 Å². The molecule has 2 aliphatic heterocycles. The van der Waals surface area contributed by atoms with Crippen LogP contribution in [0.25, 0.3) is 0 Å². The second-order valence-corrected chi connectivity index (χ2v) is 7.37. The predicted octanol–water partition coefficient (Wildman–Crippen LogP) is 3.77. The summed E-state index contributed by atoms with van der Waals surface area (Å²) in [7, 11) is 0. The van der Waals surface area contributed by atoms with Crippen LogP contribution in [-0.2, 0) is 0 Å². The van der Waals surface area contributed by atoms with Gasteiger partial charge in [-0.25, -0.2) is 13.9 Å². The summed E-state index contributed by atoms with van der Waals surface area (Å²) < 4.78 is 4.71. The van der Waals surface area contributed by atoms with E-state index in [4.69, 9.17) is 0 Å². The van der Waals surface area contributed by atoms with Crippen molar-refractivity contribution < 1.29 is 19.1 Å². The summed E-state index contributed by atoms with van der Waals surface area (Å²) in [4.78, 5) is 11.7. The van der Waals surface area contributed by atoms with Crippen LogP contribution in [0.5, 0.6) is 0 Å². The molecule has 6 nitrogen and oxygen atoms in total. The lowest BCUT2D eigenvalue weighted by Crippen LogP contribution is -2.13. The molecular weight excluding hydrogens is 364 g/mol. The molecule has 0 radical (unpaired) electrons. The Kier molecular flexibility index (Phi) is 7.22. The minimum atomic E-state index is -0.945. The summed E-state index contributed by atoms with van der Waals surface area (Å²) in [6.07, 6.45) is 12.4. The highest BCUT2D eigenvalue weighted by atomic mass is 16.4. The second-order valence-electron chi connectivity index (χ2n) is 7.37. The summed E-state index contributed by atoms with van der Waals surface area (Å²) in [5, 5.41) is 16.0. The summed E-state index contributed by atoms with van der Waals surface area (Å²) in [6, 6.07) is 5.37. The van der Waals surface area contributed by atoms with Crippen molar-refractivity contribution in [3.8, 4) is 0 Å². The standard InChI is InChI=1S/C23H30N4O2/c1-3-26-15-5-7-19(26)11-13-24-18-9-10-22(21(17-18)23(28)29)25-14-12-20-8-6-16-27(20)4-2/h9-14,17H,3-8,15-16H2,1-2H3,(H,28,29)/p+2. The number of hydrogen-bond donors (Lipinski definition) is 3. The third-order valence-corrected chi connectivity index (χ3v) is 5.59. The zero-order valence-electron chi connectivity index (χ0n) is 17.4. The number of benzene rings is 1. The maximum absolute atomic E-state index is 11.7. The molecule has 0 aromatic heterocycles. The van der Waals surface area contributed by atoms with Crippen molar-refractivity contribution in [2.24, 2.45) is 0 Å². The molecule has 0 atom stereocenters. The number of allylic oxidation sites excluding steroid dienone is 2. The minimum absolute atomic E-state index is 0.250. The van der Waals surface area contributed by atoms with Gasteiger partial charge < -0.3 is 15.7 Å². The van der Waals surface area contributed by atoms with Crippen LogP contribution in [0.1, 0.15) is 49.9 Å². The highest BCUT2D eigenvalue weighted by Gasteiger charge is 2.18. The van der Waals surface area contributed by atoms with Gasteiger partial charge in [0.2, 0.25) is 0 Å². The molecule has 3 N–H and O–H groups in total. The molecule has 154 valence electrons. The number of anilines is 2. The SMILES string of the molecule is CC[N+]1=C(/C=C/Nc2ccc(N/C=C/C3=[N+](CC)CCC3)c(C(=O)O)c2)CCC1. The fourth-order valence-electron chi connectivity index (χ4n) is 4.00. The van der Waals surface area contributed by atoms with Crippen molar-refractivity contribution in [1.29, 1.82) is 0 Å². The van der Waals surface area contributed by atoms with Crippen molar-refractivity contribution in [3.05, 3.63) is 48.3 Å². The highest BCUT2D eigenvalue weighted by Crippen LogP contribution is 2.21. The molecule has 29 heavy (non-hydrogen) atoms. The van der Waals surface area contributed by atoms with Gasteiger partial charge in [-0.2, -0.15) is 0 Å². The Hall–Kier alpha value is -2.89. The van der Waals surface area contributed by atoms with Gasteiger partial charge in [-0.1, -0.05) is 0 Å². The lowest BCUT2D eigenvalue weighted by atomic mass is 10.1. The molecule has 0 amide bonds. The molecule has 2 aliphatic rings. The lowest BCUT2D eigenvalue weighted by Gasteiger charge is -2.08. The molecule has 0 aliphatic carbocycles. The van der Waals surface area contributed by atoms with E-state index in [1.54, 1.807) is 6.07 Å². The Balaban J connectivity index is 1.68. The number of carbonyl (C=O) groups is 1. The van der Waals surface area contributed by atoms with E-state index >= 15 is 0 Å². The molecule has 0 fully saturated rings. The third-order valence-electron chi connectivity index (χ3n) is 5.59. The summed E-state index contributed by atoms with van der Waals surface area (Å²) in [6.45, 7) is 8.55. The van der Waals surface area contributed by atoms with Gasteiger partial charge in [0.25, 0.3) is 0 Å². The van der Waals surface area contributed by atoms with E-state index in [2.05, 4.69) is 45.8 Å². The number of rotatable bonds is 9. The normalized spacial score (nSPS) is 17.2. The Morgan fingerprint density at radius 3 is 2.14 bits per heavy atom. The first-order chi connectivity index (χ1) is 14.1. The smallest absolute Gasteiger partial charge is 0.337 e. The molecule has 3 rings (SSSR count). The van der Waals surface area contributed by atoms with Crippen molar-refractivity contribution in [3.63, 3.8) is 0 Å². The average molecular weight is 397 g/mol. The third kappa shape index (κ3) is 5.34. The molecule has 1 aromatic rings. The fraction of sp³-hybridized carbons (Fsp3) is 0.435. The van der Waals surface area contributed by atoms with Gasteiger partial charge >= 0.3 is 5.97 Å². The Morgan fingerprint density at radius 2 is 1.59 bits per heavy atom. The predicted molar refractivity (Wildman–Crippen MR) is 119 cm³/mol. The first kappa shape index (κ1) is 20.8. The number of carboxylic acids is 1. The van der Waals surface area contributed by atoms with Crippen molar-refractivity contribution in [1.82, 2.24) is 0 Å². The Bertz CT molecular complexity index is 881. The second kappa shape index (κ2) is 10.0. The Morgan fingerprint density at radius 1 is 1.00 bits per heavy atom. The molecule has 6 heteroatoms. The number of hydrogen-bond acceptors (Lipinski definition) is 3. The van der Waals surface area contributed by atoms with E-state index < -0.39 is 5.97 Å². The van der Waals surface area contributed by atoms with Gasteiger partial charge in [0.05, 0.1) is 11.3 Å². The van der Waals surface area contributed by atoms with Crippen LogP contribution in [0.3, 0.4) is 0 Å². The topological polar surface area (TPSA) is 67.4 Å². The van der Waals surface area contributed by atoms with Crippen LogP contribution < -0.4 is 10.6 Å². The maximum Gasteiger partial charge on any atom is 0.337 e. The molecule has 0 saturated carbocycles. The van der Waals surface area contributed by atoms with Gasteiger partial charge in [-0.05, 0) is 32.0 Å². The van der Waals surface area contributed by atoms with E-state index in [1.165, 1.54) is 24.3 Å². The minimum Gasteiger partial charge on any atom is -0.478 e. The number of aromatic carboxylic acids is 1. The zero-order valence-corrected chi connectivity index (χ0v) is 17.4. The van der Waals surface area contributed by atoms with Crippen molar-refractivity contribution in [2.45, 2.75) is 39.5 Å². The number of nitrogens with one attached hydrogen (secondary N) is 2.